The lowest BCUT2D eigenvalue weighted by molar-refractivity contribution is -0.146. The van der Waals surface area contributed by atoms with Gasteiger partial charge in [-0.15, -0.1) is 0 Å². The summed E-state index contributed by atoms with van der Waals surface area (Å²) < 4.78 is 44.1. The van der Waals surface area contributed by atoms with Crippen LogP contribution in [-0.2, 0) is 26.9 Å². The molecule has 11 heteroatoms. The Bertz CT molecular complexity index is 1060. The maximum absolute atomic E-state index is 12.5. The van der Waals surface area contributed by atoms with Crippen LogP contribution in [0.2, 0.25) is 0 Å². The molecule has 29 heavy (non-hydrogen) atoms. The topological polar surface area (TPSA) is 98.5 Å². The van der Waals surface area contributed by atoms with Crippen molar-refractivity contribution < 1.29 is 27.5 Å². The number of alkyl halides is 3. The third-order valence-corrected chi connectivity index (χ3v) is 4.17. The predicted octanol–water partition coefficient (Wildman–Crippen LogP) is 2.48. The van der Waals surface area contributed by atoms with Crippen LogP contribution in [-0.4, -0.2) is 38.1 Å². The number of nitrogens with zero attached hydrogens (tertiary/aromatic N) is 4. The molecule has 0 saturated carbocycles. The number of fused-ring (bicyclic) bond motifs is 1. The van der Waals surface area contributed by atoms with Crippen LogP contribution in [0.3, 0.4) is 0 Å². The van der Waals surface area contributed by atoms with Crippen LogP contribution in [0.4, 0.5) is 18.9 Å². The summed E-state index contributed by atoms with van der Waals surface area (Å²) in [6.07, 6.45) is -3.23. The first kappa shape index (κ1) is 20.2. The van der Waals surface area contributed by atoms with E-state index < -0.39 is 30.2 Å². The number of anilines is 1. The molecule has 0 radical (unpaired) electrons. The van der Waals surface area contributed by atoms with Gasteiger partial charge in [-0.1, -0.05) is 0 Å². The molecule has 2 heterocycles. The van der Waals surface area contributed by atoms with Crippen molar-refractivity contribution in [2.75, 3.05) is 11.9 Å². The van der Waals surface area contributed by atoms with Gasteiger partial charge >= 0.3 is 12.1 Å². The van der Waals surface area contributed by atoms with Crippen molar-refractivity contribution in [3.8, 4) is 0 Å². The average molecular weight is 407 g/mol. The maximum Gasteiger partial charge on any atom is 0.416 e. The number of aryl methyl sites for hydroxylation is 2. The first-order valence-electron chi connectivity index (χ1n) is 8.43. The lowest BCUT2D eigenvalue weighted by Gasteiger charge is -2.11. The number of ether oxygens (including phenoxy) is 1. The summed E-state index contributed by atoms with van der Waals surface area (Å²) in [6.45, 7) is 2.91. The van der Waals surface area contributed by atoms with Gasteiger partial charge in [0.25, 0.3) is 11.7 Å². The molecule has 1 aromatic carbocycles. The Kier molecular flexibility index (Phi) is 5.48. The largest absolute Gasteiger partial charge is 0.455 e. The lowest BCUT2D eigenvalue weighted by atomic mass is 10.1. The van der Waals surface area contributed by atoms with Gasteiger partial charge in [-0.2, -0.15) is 23.3 Å². The van der Waals surface area contributed by atoms with Gasteiger partial charge in [0.2, 0.25) is 0 Å². The van der Waals surface area contributed by atoms with Crippen LogP contribution >= 0.6 is 0 Å². The van der Waals surface area contributed by atoms with Gasteiger partial charge in [-0.3, -0.25) is 9.59 Å². The molecule has 0 aliphatic rings. The highest BCUT2D eigenvalue weighted by Gasteiger charge is 2.30. The van der Waals surface area contributed by atoms with Crippen molar-refractivity contribution in [1.82, 2.24) is 19.6 Å². The van der Waals surface area contributed by atoms with Gasteiger partial charge in [0, 0.05) is 22.6 Å². The molecule has 3 rings (SSSR count). The molecule has 0 spiro atoms. The second-order valence-electron chi connectivity index (χ2n) is 6.19. The molecule has 0 aliphatic heterocycles. The third kappa shape index (κ3) is 4.68. The van der Waals surface area contributed by atoms with Gasteiger partial charge in [0.15, 0.2) is 6.61 Å². The van der Waals surface area contributed by atoms with Crippen molar-refractivity contribution in [3.63, 3.8) is 0 Å². The Morgan fingerprint density at radius 2 is 1.86 bits per heavy atom. The molecule has 0 atom stereocenters. The normalized spacial score (nSPS) is 11.5. The Labute approximate surface area is 162 Å². The Morgan fingerprint density at radius 3 is 2.52 bits per heavy atom. The van der Waals surface area contributed by atoms with E-state index in [4.69, 9.17) is 4.74 Å². The van der Waals surface area contributed by atoms with E-state index in [0.717, 1.165) is 24.3 Å². The molecule has 2 aromatic heterocycles. The minimum absolute atomic E-state index is 0.117. The smallest absolute Gasteiger partial charge is 0.416 e. The lowest BCUT2D eigenvalue weighted by Crippen LogP contribution is -2.22. The second kappa shape index (κ2) is 7.86. The quantitative estimate of drug-likeness (QED) is 0.653. The molecule has 0 fully saturated rings. The van der Waals surface area contributed by atoms with Gasteiger partial charge in [0.05, 0.1) is 12.0 Å². The molecule has 1 amide bonds. The van der Waals surface area contributed by atoms with Crippen LogP contribution in [0.25, 0.3) is 5.78 Å². The van der Waals surface area contributed by atoms with E-state index in [9.17, 15) is 22.8 Å². The van der Waals surface area contributed by atoms with Crippen LogP contribution in [0.15, 0.2) is 30.6 Å². The van der Waals surface area contributed by atoms with E-state index in [0.29, 0.717) is 22.7 Å². The minimum atomic E-state index is -4.46. The number of carbonyl (C=O) groups excluding carboxylic acids is 2. The summed E-state index contributed by atoms with van der Waals surface area (Å²) in [6, 6.07) is 3.93. The highest BCUT2D eigenvalue weighted by atomic mass is 19.4. The number of halogens is 3. The van der Waals surface area contributed by atoms with Crippen molar-refractivity contribution >= 4 is 23.3 Å². The number of aromatic nitrogens is 4. The van der Waals surface area contributed by atoms with Gasteiger partial charge in [-0.25, -0.2) is 9.50 Å². The van der Waals surface area contributed by atoms with E-state index in [2.05, 4.69) is 20.4 Å². The zero-order valence-corrected chi connectivity index (χ0v) is 15.4. The van der Waals surface area contributed by atoms with Crippen LogP contribution in [0.5, 0.6) is 0 Å². The summed E-state index contributed by atoms with van der Waals surface area (Å²) >= 11 is 0. The predicted molar refractivity (Wildman–Crippen MR) is 95.0 cm³/mol. The number of carbonyl (C=O) groups is 2. The minimum Gasteiger partial charge on any atom is -0.455 e. The highest BCUT2D eigenvalue weighted by Crippen LogP contribution is 2.29. The standard InChI is InChI=1S/C18H16F3N5O3/c1-10-14(11(2)26-17(24-10)22-9-23-26)7-16(28)29-8-15(27)25-13-5-3-12(4-6-13)18(19,20)21/h3-6,9H,7-8H2,1-2H3,(H,25,27). The summed E-state index contributed by atoms with van der Waals surface area (Å²) in [4.78, 5) is 32.2. The maximum atomic E-state index is 12.5. The zero-order valence-electron chi connectivity index (χ0n) is 15.4. The molecule has 0 aliphatic carbocycles. The number of rotatable bonds is 5. The molecule has 0 bridgehead atoms. The van der Waals surface area contributed by atoms with E-state index >= 15 is 0 Å². The number of esters is 1. The highest BCUT2D eigenvalue weighted by molar-refractivity contribution is 5.92. The molecule has 1 N–H and O–H groups in total. The number of hydrogen-bond acceptors (Lipinski definition) is 6. The van der Waals surface area contributed by atoms with Crippen molar-refractivity contribution in [2.24, 2.45) is 0 Å². The molecule has 152 valence electrons. The first-order chi connectivity index (χ1) is 13.6. The van der Waals surface area contributed by atoms with Gasteiger partial charge in [0.1, 0.15) is 6.33 Å². The molecule has 8 nitrogen and oxygen atoms in total. The summed E-state index contributed by atoms with van der Waals surface area (Å²) in [5.41, 5.74) is 1.21. The van der Waals surface area contributed by atoms with Crippen molar-refractivity contribution in [2.45, 2.75) is 26.4 Å². The molecular formula is C18H16F3N5O3. The van der Waals surface area contributed by atoms with E-state index in [-0.39, 0.29) is 12.1 Å². The summed E-state index contributed by atoms with van der Waals surface area (Å²) in [5, 5.41) is 6.39. The number of nitrogens with one attached hydrogen (secondary N) is 1. The molecular weight excluding hydrogens is 391 g/mol. The number of amides is 1. The molecule has 3 aromatic rings. The monoisotopic (exact) mass is 407 g/mol. The fourth-order valence-corrected chi connectivity index (χ4v) is 2.69. The first-order valence-corrected chi connectivity index (χ1v) is 8.43. The summed E-state index contributed by atoms with van der Waals surface area (Å²) in [7, 11) is 0. The summed E-state index contributed by atoms with van der Waals surface area (Å²) in [5.74, 6) is -0.913. The third-order valence-electron chi connectivity index (χ3n) is 4.17. The average Bonchev–Trinajstić information content (AvgIpc) is 3.11. The molecule has 0 unspecified atom stereocenters. The zero-order chi connectivity index (χ0) is 21.2. The Balaban J connectivity index is 1.56. The van der Waals surface area contributed by atoms with Crippen LogP contribution in [0.1, 0.15) is 22.5 Å². The fraction of sp³-hybridized carbons (Fsp3) is 0.278. The number of hydrogen-bond donors (Lipinski definition) is 1. The van der Waals surface area contributed by atoms with Gasteiger partial charge in [-0.05, 0) is 38.1 Å². The molecule has 0 saturated heterocycles. The Hall–Kier alpha value is -3.50. The van der Waals surface area contributed by atoms with Crippen LogP contribution < -0.4 is 5.32 Å². The van der Waals surface area contributed by atoms with Crippen LogP contribution in [0, 0.1) is 13.8 Å². The van der Waals surface area contributed by atoms with Crippen molar-refractivity contribution in [1.29, 1.82) is 0 Å². The van der Waals surface area contributed by atoms with E-state index in [1.807, 2.05) is 0 Å². The second-order valence-corrected chi connectivity index (χ2v) is 6.19. The number of benzene rings is 1. The SMILES string of the molecule is Cc1nc2ncnn2c(C)c1CC(=O)OCC(=O)Nc1ccc(C(F)(F)F)cc1. The van der Waals surface area contributed by atoms with E-state index in [1.165, 1.54) is 10.8 Å². The van der Waals surface area contributed by atoms with Gasteiger partial charge < -0.3 is 10.1 Å². The van der Waals surface area contributed by atoms with Crippen molar-refractivity contribution in [3.05, 3.63) is 53.1 Å². The Morgan fingerprint density at radius 1 is 1.17 bits per heavy atom. The fourth-order valence-electron chi connectivity index (χ4n) is 2.69. The van der Waals surface area contributed by atoms with E-state index in [1.54, 1.807) is 13.8 Å².